The first-order valence-electron chi connectivity index (χ1n) is 5.39. The predicted octanol–water partition coefficient (Wildman–Crippen LogP) is 3.09. The van der Waals surface area contributed by atoms with E-state index in [-0.39, 0.29) is 5.78 Å². The van der Waals surface area contributed by atoms with Gasteiger partial charge in [0.1, 0.15) is 5.75 Å². The largest absolute Gasteiger partial charge is 0.507 e. The van der Waals surface area contributed by atoms with E-state index in [2.05, 4.69) is 6.58 Å². The summed E-state index contributed by atoms with van der Waals surface area (Å²) in [6, 6.07) is 3.85. The number of phenols is 1. The molecule has 0 saturated carbocycles. The molecule has 16 heavy (non-hydrogen) atoms. The molecule has 0 amide bonds. The molecule has 0 bridgehead atoms. The average Bonchev–Trinajstić information content (AvgIpc) is 2.22. The summed E-state index contributed by atoms with van der Waals surface area (Å²) in [7, 11) is 0. The van der Waals surface area contributed by atoms with Gasteiger partial charge in [0.15, 0.2) is 5.78 Å². The second-order valence-corrected chi connectivity index (χ2v) is 4.28. The van der Waals surface area contributed by atoms with E-state index in [4.69, 9.17) is 0 Å². The summed E-state index contributed by atoms with van der Waals surface area (Å²) in [5, 5.41) is 9.62. The molecule has 0 aliphatic heterocycles. The van der Waals surface area contributed by atoms with Crippen molar-refractivity contribution >= 4 is 5.78 Å². The number of benzene rings is 1. The Morgan fingerprint density at radius 3 is 2.25 bits per heavy atom. The van der Waals surface area contributed by atoms with E-state index in [0.29, 0.717) is 24.2 Å². The average molecular weight is 218 g/mol. The van der Waals surface area contributed by atoms with Crippen LogP contribution in [0.1, 0.15) is 30.0 Å². The molecule has 0 aromatic heterocycles. The number of carbonyl (C=O) groups is 1. The second kappa shape index (κ2) is 4.97. The van der Waals surface area contributed by atoms with Crippen molar-refractivity contribution in [2.24, 2.45) is 0 Å². The van der Waals surface area contributed by atoms with E-state index >= 15 is 0 Å². The molecule has 0 fully saturated rings. The molecule has 1 rings (SSSR count). The van der Waals surface area contributed by atoms with Gasteiger partial charge in [-0.3, -0.25) is 4.79 Å². The van der Waals surface area contributed by atoms with Crippen molar-refractivity contribution in [2.45, 2.75) is 33.6 Å². The fourth-order valence-corrected chi connectivity index (χ4v) is 1.66. The molecule has 0 unspecified atom stereocenters. The Kier molecular flexibility index (Phi) is 3.88. The van der Waals surface area contributed by atoms with Crippen LogP contribution in [0, 0.1) is 13.8 Å². The number of carbonyl (C=O) groups excluding carboxylic acids is 1. The van der Waals surface area contributed by atoms with Crippen molar-refractivity contribution in [3.8, 4) is 5.75 Å². The highest BCUT2D eigenvalue weighted by atomic mass is 16.3. The zero-order chi connectivity index (χ0) is 12.3. The van der Waals surface area contributed by atoms with Gasteiger partial charge in [0.25, 0.3) is 0 Å². The summed E-state index contributed by atoms with van der Waals surface area (Å²) in [4.78, 5) is 11.4. The molecule has 0 aliphatic rings. The van der Waals surface area contributed by atoms with Crippen molar-refractivity contribution < 1.29 is 9.90 Å². The number of phenolic OH excluding ortho intramolecular Hbond substituents is 1. The Morgan fingerprint density at radius 2 is 1.81 bits per heavy atom. The van der Waals surface area contributed by atoms with Gasteiger partial charge in [0, 0.05) is 6.42 Å². The first-order chi connectivity index (χ1) is 7.41. The number of hydrogen-bond acceptors (Lipinski definition) is 2. The van der Waals surface area contributed by atoms with Crippen LogP contribution in [0.15, 0.2) is 24.3 Å². The Morgan fingerprint density at radius 1 is 1.31 bits per heavy atom. The van der Waals surface area contributed by atoms with E-state index < -0.39 is 0 Å². The van der Waals surface area contributed by atoms with Crippen LogP contribution in [0.2, 0.25) is 0 Å². The Balaban J connectivity index is 2.76. The van der Waals surface area contributed by atoms with Crippen molar-refractivity contribution in [1.82, 2.24) is 0 Å². The molecular weight excluding hydrogens is 200 g/mol. The van der Waals surface area contributed by atoms with Crippen molar-refractivity contribution in [2.75, 3.05) is 0 Å². The summed E-state index contributed by atoms with van der Waals surface area (Å²) in [6.07, 6.45) is 1.19. The monoisotopic (exact) mass is 218 g/mol. The molecule has 0 saturated heterocycles. The zero-order valence-corrected chi connectivity index (χ0v) is 10.1. The Labute approximate surface area is 96.6 Å². The van der Waals surface area contributed by atoms with Crippen LogP contribution in [-0.4, -0.2) is 10.9 Å². The summed E-state index contributed by atoms with van der Waals surface area (Å²) < 4.78 is 0. The smallest absolute Gasteiger partial charge is 0.158 e. The van der Waals surface area contributed by atoms with Crippen molar-refractivity contribution in [3.63, 3.8) is 0 Å². The molecule has 1 aromatic rings. The fourth-order valence-electron chi connectivity index (χ4n) is 1.66. The van der Waals surface area contributed by atoms with E-state index in [1.807, 2.05) is 26.0 Å². The lowest BCUT2D eigenvalue weighted by molar-refractivity contribution is -0.115. The van der Waals surface area contributed by atoms with Gasteiger partial charge >= 0.3 is 0 Å². The van der Waals surface area contributed by atoms with Crippen LogP contribution < -0.4 is 0 Å². The minimum Gasteiger partial charge on any atom is -0.507 e. The number of ketones is 1. The molecule has 0 radical (unpaired) electrons. The molecule has 86 valence electrons. The van der Waals surface area contributed by atoms with Crippen molar-refractivity contribution in [1.29, 1.82) is 0 Å². The van der Waals surface area contributed by atoms with Crippen LogP contribution in [0.25, 0.3) is 0 Å². The maximum Gasteiger partial charge on any atom is 0.158 e. The van der Waals surface area contributed by atoms with Crippen molar-refractivity contribution in [3.05, 3.63) is 41.0 Å². The first kappa shape index (κ1) is 12.5. The topological polar surface area (TPSA) is 37.3 Å². The minimum atomic E-state index is 0.100. The van der Waals surface area contributed by atoms with E-state index in [1.165, 1.54) is 0 Å². The van der Waals surface area contributed by atoms with Crippen LogP contribution >= 0.6 is 0 Å². The maximum atomic E-state index is 11.4. The van der Waals surface area contributed by atoms with Gasteiger partial charge in [-0.15, -0.1) is 0 Å². The lowest BCUT2D eigenvalue weighted by Gasteiger charge is -2.07. The molecule has 0 spiro atoms. The molecule has 2 nitrogen and oxygen atoms in total. The van der Waals surface area contributed by atoms with Gasteiger partial charge in [-0.2, -0.15) is 0 Å². The van der Waals surface area contributed by atoms with Crippen LogP contribution in [-0.2, 0) is 11.2 Å². The van der Waals surface area contributed by atoms with E-state index in [0.717, 1.165) is 16.7 Å². The van der Waals surface area contributed by atoms with Crippen LogP contribution in [0.4, 0.5) is 0 Å². The third-order valence-corrected chi connectivity index (χ3v) is 2.67. The number of aryl methyl sites for hydroxylation is 3. The quantitative estimate of drug-likeness (QED) is 0.788. The second-order valence-electron chi connectivity index (χ2n) is 4.28. The lowest BCUT2D eigenvalue weighted by Crippen LogP contribution is -2.01. The molecular formula is C14H18O2. The highest BCUT2D eigenvalue weighted by Crippen LogP contribution is 2.23. The SMILES string of the molecule is C=C(C)C(=O)CCc1cc(C)c(O)c(C)c1. The Bertz CT molecular complexity index is 407. The lowest BCUT2D eigenvalue weighted by atomic mass is 10.00. The third kappa shape index (κ3) is 2.96. The molecule has 0 heterocycles. The normalized spacial score (nSPS) is 10.2. The van der Waals surface area contributed by atoms with Gasteiger partial charge in [-0.05, 0) is 49.5 Å². The third-order valence-electron chi connectivity index (χ3n) is 2.67. The highest BCUT2D eigenvalue weighted by molar-refractivity contribution is 5.94. The number of allylic oxidation sites excluding steroid dienone is 1. The summed E-state index contributed by atoms with van der Waals surface area (Å²) >= 11 is 0. The summed E-state index contributed by atoms with van der Waals surface area (Å²) in [5.41, 5.74) is 3.41. The number of Topliss-reactive ketones (excluding diaryl/α,β-unsaturated/α-hetero) is 1. The standard InChI is InChI=1S/C14H18O2/c1-9(2)13(15)6-5-12-7-10(3)14(16)11(4)8-12/h7-8,16H,1,5-6H2,2-4H3. The van der Waals surface area contributed by atoms with E-state index in [9.17, 15) is 9.90 Å². The fraction of sp³-hybridized carbons (Fsp3) is 0.357. The first-order valence-corrected chi connectivity index (χ1v) is 5.39. The Hall–Kier alpha value is -1.57. The van der Waals surface area contributed by atoms with Gasteiger partial charge in [-0.25, -0.2) is 0 Å². The summed E-state index contributed by atoms with van der Waals surface area (Å²) in [6.45, 7) is 9.09. The van der Waals surface area contributed by atoms with Crippen LogP contribution in [0.5, 0.6) is 5.75 Å². The highest BCUT2D eigenvalue weighted by Gasteiger charge is 2.06. The number of rotatable bonds is 4. The zero-order valence-electron chi connectivity index (χ0n) is 10.1. The van der Waals surface area contributed by atoms with Gasteiger partial charge in [0.05, 0.1) is 0 Å². The van der Waals surface area contributed by atoms with Gasteiger partial charge in [-0.1, -0.05) is 18.7 Å². The number of hydrogen-bond donors (Lipinski definition) is 1. The number of aromatic hydroxyl groups is 1. The minimum absolute atomic E-state index is 0.100. The maximum absolute atomic E-state index is 11.4. The summed E-state index contributed by atoms with van der Waals surface area (Å²) in [5.74, 6) is 0.443. The molecule has 0 aliphatic carbocycles. The molecule has 0 atom stereocenters. The van der Waals surface area contributed by atoms with Crippen LogP contribution in [0.3, 0.4) is 0 Å². The molecule has 1 N–H and O–H groups in total. The van der Waals surface area contributed by atoms with Gasteiger partial charge < -0.3 is 5.11 Å². The van der Waals surface area contributed by atoms with E-state index in [1.54, 1.807) is 6.92 Å². The molecule has 2 heteroatoms. The molecule has 1 aromatic carbocycles. The predicted molar refractivity (Wildman–Crippen MR) is 65.7 cm³/mol. The van der Waals surface area contributed by atoms with Gasteiger partial charge in [0.2, 0.25) is 0 Å².